The molecule has 1 aromatic carbocycles. The van der Waals surface area contributed by atoms with E-state index in [9.17, 15) is 19.7 Å². The Hall–Kier alpha value is -1.71. The van der Waals surface area contributed by atoms with Crippen molar-refractivity contribution >= 4 is 40.1 Å². The number of hydrogen-bond donors (Lipinski definition) is 1. The van der Waals surface area contributed by atoms with Gasteiger partial charge < -0.3 is 10.2 Å². The topological polar surface area (TPSA) is 92.6 Å². The highest BCUT2D eigenvalue weighted by Gasteiger charge is 2.15. The van der Waals surface area contributed by atoms with Crippen LogP contribution in [0.1, 0.15) is 37.0 Å². The molecule has 7 nitrogen and oxygen atoms in total. The lowest BCUT2D eigenvalue weighted by Gasteiger charge is -2.18. The van der Waals surface area contributed by atoms with Crippen molar-refractivity contribution in [3.8, 4) is 0 Å². The van der Waals surface area contributed by atoms with E-state index < -0.39 is 4.92 Å². The molecule has 23 heavy (non-hydrogen) atoms. The summed E-state index contributed by atoms with van der Waals surface area (Å²) < 4.78 is 0.643. The standard InChI is InChI=1S/C15H20IN3O4/c1-3-18(4-2)14(20)6-5-9-17-15(21)12-10-11(19(22)23)7-8-13(12)16/h7-8,10H,3-6,9H2,1-2H3,(H,17,21). The highest BCUT2D eigenvalue weighted by atomic mass is 127. The molecule has 1 aromatic rings. The van der Waals surface area contributed by atoms with Crippen LogP contribution in [-0.2, 0) is 4.79 Å². The number of rotatable bonds is 8. The van der Waals surface area contributed by atoms with Gasteiger partial charge in [0.1, 0.15) is 0 Å². The third-order valence-corrected chi connectivity index (χ3v) is 4.32. The molecule has 0 bridgehead atoms. The van der Waals surface area contributed by atoms with Gasteiger partial charge in [0, 0.05) is 41.8 Å². The van der Waals surface area contributed by atoms with Crippen LogP contribution in [0, 0.1) is 13.7 Å². The molecule has 0 aromatic heterocycles. The Labute approximate surface area is 148 Å². The SMILES string of the molecule is CCN(CC)C(=O)CCCNC(=O)c1cc([N+](=O)[O-])ccc1I. The maximum absolute atomic E-state index is 12.1. The molecule has 8 heteroatoms. The predicted molar refractivity (Wildman–Crippen MR) is 95.3 cm³/mol. The molecule has 0 atom stereocenters. The van der Waals surface area contributed by atoms with Crippen molar-refractivity contribution < 1.29 is 14.5 Å². The van der Waals surface area contributed by atoms with Gasteiger partial charge in [-0.2, -0.15) is 0 Å². The molecule has 0 unspecified atom stereocenters. The predicted octanol–water partition coefficient (Wildman–Crippen LogP) is 2.58. The molecule has 0 aliphatic heterocycles. The second kappa shape index (κ2) is 9.43. The summed E-state index contributed by atoms with van der Waals surface area (Å²) in [5, 5.41) is 13.5. The van der Waals surface area contributed by atoms with E-state index in [1.165, 1.54) is 18.2 Å². The Morgan fingerprint density at radius 1 is 1.30 bits per heavy atom. The normalized spacial score (nSPS) is 10.2. The van der Waals surface area contributed by atoms with Crippen LogP contribution in [-0.4, -0.2) is 41.3 Å². The number of non-ortho nitro benzene ring substituents is 1. The zero-order chi connectivity index (χ0) is 17.4. The number of nitrogens with zero attached hydrogens (tertiary/aromatic N) is 2. The average molecular weight is 433 g/mol. The van der Waals surface area contributed by atoms with E-state index in [2.05, 4.69) is 5.32 Å². The highest BCUT2D eigenvalue weighted by Crippen LogP contribution is 2.19. The van der Waals surface area contributed by atoms with Gasteiger partial charge in [0.2, 0.25) is 5.91 Å². The van der Waals surface area contributed by atoms with Crippen LogP contribution >= 0.6 is 22.6 Å². The molecule has 1 rings (SSSR count). The van der Waals surface area contributed by atoms with Crippen LogP contribution < -0.4 is 5.32 Å². The lowest BCUT2D eigenvalue weighted by molar-refractivity contribution is -0.384. The fourth-order valence-electron chi connectivity index (χ4n) is 2.07. The van der Waals surface area contributed by atoms with E-state index in [-0.39, 0.29) is 23.1 Å². The first-order chi connectivity index (χ1) is 10.9. The number of amides is 2. The number of hydrogen-bond acceptors (Lipinski definition) is 4. The maximum Gasteiger partial charge on any atom is 0.270 e. The first kappa shape index (κ1) is 19.3. The van der Waals surface area contributed by atoms with Gasteiger partial charge in [0.25, 0.3) is 11.6 Å². The molecule has 0 saturated carbocycles. The summed E-state index contributed by atoms with van der Waals surface area (Å²) in [6.45, 7) is 5.55. The van der Waals surface area contributed by atoms with Gasteiger partial charge in [-0.25, -0.2) is 0 Å². The Morgan fingerprint density at radius 3 is 2.52 bits per heavy atom. The van der Waals surface area contributed by atoms with Crippen LogP contribution in [0.3, 0.4) is 0 Å². The van der Waals surface area contributed by atoms with Gasteiger partial charge in [-0.3, -0.25) is 19.7 Å². The van der Waals surface area contributed by atoms with Crippen LogP contribution in [0.4, 0.5) is 5.69 Å². The molecule has 126 valence electrons. The fourth-order valence-corrected chi connectivity index (χ4v) is 2.65. The molecular formula is C15H20IN3O4. The van der Waals surface area contributed by atoms with E-state index in [0.717, 1.165) is 0 Å². The second-order valence-corrected chi connectivity index (χ2v) is 6.01. The van der Waals surface area contributed by atoms with Gasteiger partial charge in [-0.1, -0.05) is 0 Å². The van der Waals surface area contributed by atoms with Crippen molar-refractivity contribution in [2.24, 2.45) is 0 Å². The van der Waals surface area contributed by atoms with E-state index in [1.54, 1.807) is 4.90 Å². The van der Waals surface area contributed by atoms with E-state index in [4.69, 9.17) is 0 Å². The third-order valence-electron chi connectivity index (χ3n) is 3.37. The quantitative estimate of drug-likeness (QED) is 0.295. The van der Waals surface area contributed by atoms with Crippen LogP contribution in [0.25, 0.3) is 0 Å². The van der Waals surface area contributed by atoms with Crippen LogP contribution in [0.2, 0.25) is 0 Å². The second-order valence-electron chi connectivity index (χ2n) is 4.85. The summed E-state index contributed by atoms with van der Waals surface area (Å²) >= 11 is 1.96. The minimum Gasteiger partial charge on any atom is -0.352 e. The van der Waals surface area contributed by atoms with Gasteiger partial charge >= 0.3 is 0 Å². The number of halogens is 1. The average Bonchev–Trinajstić information content (AvgIpc) is 2.52. The number of nitro benzene ring substituents is 1. The lowest BCUT2D eigenvalue weighted by atomic mass is 10.2. The Kier molecular flexibility index (Phi) is 7.93. The monoisotopic (exact) mass is 433 g/mol. The maximum atomic E-state index is 12.1. The van der Waals surface area contributed by atoms with E-state index in [0.29, 0.717) is 36.0 Å². The Bertz CT molecular complexity index is 588. The molecule has 0 radical (unpaired) electrons. The summed E-state index contributed by atoms with van der Waals surface area (Å²) in [4.78, 5) is 35.9. The first-order valence-electron chi connectivity index (χ1n) is 7.40. The number of nitro groups is 1. The van der Waals surface area contributed by atoms with Gasteiger partial charge in [-0.15, -0.1) is 0 Å². The minimum absolute atomic E-state index is 0.0641. The summed E-state index contributed by atoms with van der Waals surface area (Å²) in [7, 11) is 0. The smallest absolute Gasteiger partial charge is 0.270 e. The van der Waals surface area contributed by atoms with Crippen molar-refractivity contribution in [2.75, 3.05) is 19.6 Å². The van der Waals surface area contributed by atoms with E-state index >= 15 is 0 Å². The van der Waals surface area contributed by atoms with Crippen molar-refractivity contribution in [2.45, 2.75) is 26.7 Å². The molecular weight excluding hydrogens is 413 g/mol. The molecule has 1 N–H and O–H groups in total. The first-order valence-corrected chi connectivity index (χ1v) is 8.48. The minimum atomic E-state index is -0.532. The number of nitrogens with one attached hydrogen (secondary N) is 1. The molecule has 0 aliphatic carbocycles. The van der Waals surface area contributed by atoms with Crippen molar-refractivity contribution in [3.05, 3.63) is 37.4 Å². The van der Waals surface area contributed by atoms with Crippen molar-refractivity contribution in [1.82, 2.24) is 10.2 Å². The fraction of sp³-hybridized carbons (Fsp3) is 0.467. The number of carbonyl (C=O) groups is 2. The summed E-state index contributed by atoms with van der Waals surface area (Å²) in [6, 6.07) is 4.16. The van der Waals surface area contributed by atoms with Gasteiger partial charge in [0.15, 0.2) is 0 Å². The summed E-state index contributed by atoms with van der Waals surface area (Å²) in [5.41, 5.74) is 0.155. The number of benzene rings is 1. The van der Waals surface area contributed by atoms with Gasteiger partial charge in [-0.05, 0) is 48.9 Å². The molecule has 2 amide bonds. The Balaban J connectivity index is 2.53. The van der Waals surface area contributed by atoms with E-state index in [1.807, 2.05) is 36.4 Å². The number of carbonyl (C=O) groups excluding carboxylic acids is 2. The zero-order valence-electron chi connectivity index (χ0n) is 13.2. The summed E-state index contributed by atoms with van der Waals surface area (Å²) in [6.07, 6.45) is 0.903. The zero-order valence-corrected chi connectivity index (χ0v) is 15.3. The molecule has 0 fully saturated rings. The molecule has 0 saturated heterocycles. The Morgan fingerprint density at radius 2 is 1.96 bits per heavy atom. The lowest BCUT2D eigenvalue weighted by Crippen LogP contribution is -2.31. The largest absolute Gasteiger partial charge is 0.352 e. The van der Waals surface area contributed by atoms with Crippen LogP contribution in [0.5, 0.6) is 0 Å². The van der Waals surface area contributed by atoms with Gasteiger partial charge in [0.05, 0.1) is 10.5 Å². The molecule has 0 heterocycles. The molecule has 0 aliphatic rings. The summed E-state index contributed by atoms with van der Waals surface area (Å²) in [5.74, 6) is -0.303. The highest BCUT2D eigenvalue weighted by molar-refractivity contribution is 14.1. The van der Waals surface area contributed by atoms with Crippen LogP contribution in [0.15, 0.2) is 18.2 Å². The molecule has 0 spiro atoms. The van der Waals surface area contributed by atoms with Crippen molar-refractivity contribution in [1.29, 1.82) is 0 Å². The van der Waals surface area contributed by atoms with Crippen molar-refractivity contribution in [3.63, 3.8) is 0 Å². The third kappa shape index (κ3) is 5.77.